The Balaban J connectivity index is 1.37. The molecule has 2 N–H and O–H groups in total. The summed E-state index contributed by atoms with van der Waals surface area (Å²) < 4.78 is 11.2. The largest absolute Gasteiger partial charge is 0.497 e. The first-order valence-electron chi connectivity index (χ1n) is 13.0. The number of benzene rings is 1. The number of carbonyl (C=O) groups excluding carboxylic acids is 4. The number of likely N-dealkylation sites (tertiary alicyclic amines) is 1. The third kappa shape index (κ3) is 5.86. The molecule has 1 fully saturated rings. The summed E-state index contributed by atoms with van der Waals surface area (Å²) in [5, 5.41) is 5.11. The highest BCUT2D eigenvalue weighted by Gasteiger charge is 2.30. The maximum atomic E-state index is 13.1. The average Bonchev–Trinajstić information content (AvgIpc) is 3.52. The molecule has 0 aliphatic carbocycles. The van der Waals surface area contributed by atoms with E-state index in [0.717, 1.165) is 31.5 Å². The van der Waals surface area contributed by atoms with Gasteiger partial charge in [0.2, 0.25) is 12.3 Å². The Morgan fingerprint density at radius 1 is 1.20 bits per heavy atom. The maximum Gasteiger partial charge on any atom is 0.270 e. The molecule has 208 valence electrons. The molecule has 5 rings (SSSR count). The van der Waals surface area contributed by atoms with Crippen molar-refractivity contribution >= 4 is 40.9 Å². The lowest BCUT2D eigenvalue weighted by atomic mass is 10.1. The van der Waals surface area contributed by atoms with Crippen LogP contribution in [0.4, 0.5) is 0 Å². The molecule has 0 radical (unpaired) electrons. The van der Waals surface area contributed by atoms with Gasteiger partial charge < -0.3 is 24.3 Å². The van der Waals surface area contributed by atoms with E-state index in [0.29, 0.717) is 40.4 Å². The fraction of sp³-hybridized carbons (Fsp3) is 0.357. The number of pyridine rings is 1. The zero-order valence-corrected chi connectivity index (χ0v) is 22.3. The van der Waals surface area contributed by atoms with Gasteiger partial charge in [-0.1, -0.05) is 6.07 Å². The van der Waals surface area contributed by atoms with E-state index >= 15 is 0 Å². The van der Waals surface area contributed by atoms with Crippen LogP contribution in [0.2, 0.25) is 0 Å². The highest BCUT2D eigenvalue weighted by molar-refractivity contribution is 6.07. The van der Waals surface area contributed by atoms with Crippen molar-refractivity contribution in [2.45, 2.75) is 25.4 Å². The Kier molecular flexibility index (Phi) is 7.87. The number of fused-ring (bicyclic) bond motifs is 2. The quantitative estimate of drug-likeness (QED) is 0.302. The second kappa shape index (κ2) is 11.7. The monoisotopic (exact) mass is 546 g/mol. The van der Waals surface area contributed by atoms with Gasteiger partial charge >= 0.3 is 0 Å². The Bertz CT molecular complexity index is 1490. The minimum absolute atomic E-state index is 0.0491. The molecular formula is C28H30N6O6. The zero-order valence-electron chi connectivity index (χ0n) is 22.3. The lowest BCUT2D eigenvalue weighted by Gasteiger charge is -2.29. The summed E-state index contributed by atoms with van der Waals surface area (Å²) in [7, 11) is 3.60. The number of nitrogens with one attached hydrogen (secondary N) is 2. The number of aliphatic imine (C=N–C) groups is 1. The number of methoxy groups -OCH3 is 1. The number of piperidine rings is 1. The number of furan rings is 1. The van der Waals surface area contributed by atoms with Crippen molar-refractivity contribution in [3.63, 3.8) is 0 Å². The highest BCUT2D eigenvalue weighted by Crippen LogP contribution is 2.27. The van der Waals surface area contributed by atoms with Gasteiger partial charge in [-0.05, 0) is 62.8 Å². The van der Waals surface area contributed by atoms with Gasteiger partial charge in [-0.2, -0.15) is 0 Å². The Morgan fingerprint density at radius 2 is 2.00 bits per heavy atom. The standard InChI is InChI=1S/C28H30N6O6/c1-33-9-7-18(8-10-33)31-27(37)21-5-6-24-22(32-21)12-25(40-24)23(29-13-26(36)30-16-35)15-34-14-17-3-4-19(39-2)11-20(17)28(34)38/h3-6,11-12,16,18H,7-10,13-15H2,1-2H3,(H,31,37)(H,30,35,36). The van der Waals surface area contributed by atoms with Gasteiger partial charge in [0.1, 0.15) is 23.5 Å². The van der Waals surface area contributed by atoms with Crippen molar-refractivity contribution < 1.29 is 28.3 Å². The molecule has 0 unspecified atom stereocenters. The molecule has 1 aromatic carbocycles. The number of hydrogen-bond donors (Lipinski definition) is 2. The third-order valence-electron chi connectivity index (χ3n) is 7.11. The van der Waals surface area contributed by atoms with Crippen molar-refractivity contribution in [3.05, 3.63) is 59.0 Å². The van der Waals surface area contributed by atoms with Crippen molar-refractivity contribution in [1.29, 1.82) is 0 Å². The van der Waals surface area contributed by atoms with Crippen LogP contribution in [0.5, 0.6) is 5.75 Å². The summed E-state index contributed by atoms with van der Waals surface area (Å²) in [4.78, 5) is 61.3. The SMILES string of the molecule is COc1ccc2c(c1)C(=O)N(CC(=NCC(=O)NC=O)c1cc3nc(C(=O)NC4CCN(C)CC4)ccc3o1)C2. The number of hydrogen-bond acceptors (Lipinski definition) is 9. The number of aromatic nitrogens is 1. The molecule has 2 aliphatic heterocycles. The summed E-state index contributed by atoms with van der Waals surface area (Å²) in [5.74, 6) is -0.186. The Labute approximate surface area is 230 Å². The van der Waals surface area contributed by atoms with E-state index in [1.165, 1.54) is 7.11 Å². The molecule has 12 heteroatoms. The van der Waals surface area contributed by atoms with Crippen LogP contribution in [-0.2, 0) is 16.1 Å². The van der Waals surface area contributed by atoms with E-state index in [-0.39, 0.29) is 43.0 Å². The number of imide groups is 1. The van der Waals surface area contributed by atoms with Gasteiger partial charge in [0.05, 0.1) is 19.4 Å². The fourth-order valence-electron chi connectivity index (χ4n) is 4.87. The van der Waals surface area contributed by atoms with Crippen LogP contribution in [0, 0.1) is 0 Å². The predicted octanol–water partition coefficient (Wildman–Crippen LogP) is 1.38. The van der Waals surface area contributed by atoms with E-state index < -0.39 is 5.91 Å². The second-order valence-corrected chi connectivity index (χ2v) is 9.87. The maximum absolute atomic E-state index is 13.1. The molecular weight excluding hydrogens is 516 g/mol. The van der Waals surface area contributed by atoms with Crippen molar-refractivity contribution in [3.8, 4) is 5.75 Å². The first-order chi connectivity index (χ1) is 19.3. The summed E-state index contributed by atoms with van der Waals surface area (Å²) >= 11 is 0. The van der Waals surface area contributed by atoms with Gasteiger partial charge in [-0.3, -0.25) is 29.5 Å². The molecule has 2 aromatic heterocycles. The van der Waals surface area contributed by atoms with Crippen LogP contribution in [0.1, 0.15) is 45.0 Å². The van der Waals surface area contributed by atoms with Gasteiger partial charge in [-0.15, -0.1) is 0 Å². The van der Waals surface area contributed by atoms with Crippen molar-refractivity contribution in [2.75, 3.05) is 40.3 Å². The molecule has 4 amide bonds. The van der Waals surface area contributed by atoms with Gasteiger partial charge in [0, 0.05) is 24.2 Å². The minimum Gasteiger partial charge on any atom is -0.497 e. The normalized spacial score (nSPS) is 16.2. The van der Waals surface area contributed by atoms with Gasteiger partial charge in [0.25, 0.3) is 11.8 Å². The third-order valence-corrected chi connectivity index (χ3v) is 7.11. The van der Waals surface area contributed by atoms with Gasteiger partial charge in [0.15, 0.2) is 11.3 Å². The van der Waals surface area contributed by atoms with Crippen LogP contribution in [0.15, 0.2) is 45.8 Å². The van der Waals surface area contributed by atoms with Crippen LogP contribution < -0.4 is 15.4 Å². The van der Waals surface area contributed by atoms with E-state index in [2.05, 4.69) is 32.6 Å². The molecule has 3 aromatic rings. The lowest BCUT2D eigenvalue weighted by molar-refractivity contribution is -0.124. The van der Waals surface area contributed by atoms with Crippen molar-refractivity contribution in [2.24, 2.45) is 4.99 Å². The first kappa shape index (κ1) is 27.0. The minimum atomic E-state index is -0.602. The number of nitrogens with zero attached hydrogens (tertiary/aromatic N) is 4. The zero-order chi connectivity index (χ0) is 28.2. The molecule has 12 nitrogen and oxygen atoms in total. The molecule has 0 bridgehead atoms. The fourth-order valence-corrected chi connectivity index (χ4v) is 4.87. The second-order valence-electron chi connectivity index (χ2n) is 9.87. The molecule has 2 aliphatic rings. The van der Waals surface area contributed by atoms with E-state index in [1.807, 2.05) is 6.07 Å². The average molecular weight is 547 g/mol. The molecule has 1 saturated heterocycles. The van der Waals surface area contributed by atoms with Crippen LogP contribution in [0.25, 0.3) is 11.1 Å². The number of carbonyl (C=O) groups is 4. The van der Waals surface area contributed by atoms with Crippen LogP contribution in [-0.4, -0.2) is 91.0 Å². The molecule has 0 spiro atoms. The lowest BCUT2D eigenvalue weighted by Crippen LogP contribution is -2.43. The molecule has 0 atom stereocenters. The summed E-state index contributed by atoms with van der Waals surface area (Å²) in [6.07, 6.45) is 2.04. The topological polar surface area (TPSA) is 146 Å². The highest BCUT2D eigenvalue weighted by atomic mass is 16.5. The summed E-state index contributed by atoms with van der Waals surface area (Å²) in [6, 6.07) is 10.3. The van der Waals surface area contributed by atoms with E-state index in [1.54, 1.807) is 35.2 Å². The summed E-state index contributed by atoms with van der Waals surface area (Å²) in [6.45, 7) is 1.90. The number of ether oxygens (including phenoxy) is 1. The number of rotatable bonds is 9. The number of amides is 4. The first-order valence-corrected chi connectivity index (χ1v) is 13.0. The molecule has 4 heterocycles. The van der Waals surface area contributed by atoms with Gasteiger partial charge in [-0.25, -0.2) is 4.98 Å². The van der Waals surface area contributed by atoms with Crippen LogP contribution in [0.3, 0.4) is 0 Å². The smallest absolute Gasteiger partial charge is 0.270 e. The Morgan fingerprint density at radius 3 is 2.75 bits per heavy atom. The van der Waals surface area contributed by atoms with E-state index in [9.17, 15) is 19.2 Å². The van der Waals surface area contributed by atoms with Crippen molar-refractivity contribution in [1.82, 2.24) is 25.4 Å². The Hall–Kier alpha value is -4.58. The molecule has 40 heavy (non-hydrogen) atoms. The predicted molar refractivity (Wildman–Crippen MR) is 145 cm³/mol. The van der Waals surface area contributed by atoms with E-state index in [4.69, 9.17) is 9.15 Å². The molecule has 0 saturated carbocycles. The summed E-state index contributed by atoms with van der Waals surface area (Å²) in [5.41, 5.74) is 2.83. The van der Waals surface area contributed by atoms with Crippen LogP contribution >= 0.6 is 0 Å².